The number of nitrogens with one attached hydrogen (secondary N) is 1. The quantitative estimate of drug-likeness (QED) is 0.861. The molecule has 0 aliphatic heterocycles. The summed E-state index contributed by atoms with van der Waals surface area (Å²) in [7, 11) is 0. The average molecular weight is 256 g/mol. The van der Waals surface area contributed by atoms with E-state index in [9.17, 15) is 5.26 Å². The topological polar surface area (TPSA) is 87.7 Å². The number of fused-ring (bicyclic) bond motifs is 1. The first-order valence-electron chi connectivity index (χ1n) is 6.56. The van der Waals surface area contributed by atoms with Crippen molar-refractivity contribution >= 4 is 10.9 Å². The SMILES string of the molecule is N#Cc1c(O[C@H]2CCC[C@H](N)C2)ccc2[nH]ncc12. The third-order valence-corrected chi connectivity index (χ3v) is 3.66. The van der Waals surface area contributed by atoms with Gasteiger partial charge in [-0.1, -0.05) is 0 Å². The van der Waals surface area contributed by atoms with E-state index >= 15 is 0 Å². The number of ether oxygens (including phenoxy) is 1. The number of rotatable bonds is 2. The smallest absolute Gasteiger partial charge is 0.138 e. The van der Waals surface area contributed by atoms with Crippen molar-refractivity contribution in [1.82, 2.24) is 10.2 Å². The molecule has 0 spiro atoms. The maximum Gasteiger partial charge on any atom is 0.138 e. The second-order valence-electron chi connectivity index (χ2n) is 5.05. The molecule has 1 saturated carbocycles. The van der Waals surface area contributed by atoms with Crippen molar-refractivity contribution in [2.45, 2.75) is 37.8 Å². The zero-order valence-electron chi connectivity index (χ0n) is 10.6. The lowest BCUT2D eigenvalue weighted by molar-refractivity contribution is 0.144. The first-order chi connectivity index (χ1) is 9.28. The van der Waals surface area contributed by atoms with E-state index in [-0.39, 0.29) is 12.1 Å². The molecule has 1 aromatic carbocycles. The lowest BCUT2D eigenvalue weighted by atomic mass is 9.93. The molecule has 19 heavy (non-hydrogen) atoms. The van der Waals surface area contributed by atoms with Gasteiger partial charge in [-0.15, -0.1) is 0 Å². The highest BCUT2D eigenvalue weighted by atomic mass is 16.5. The van der Waals surface area contributed by atoms with Crippen molar-refractivity contribution in [3.8, 4) is 11.8 Å². The summed E-state index contributed by atoms with van der Waals surface area (Å²) in [6.45, 7) is 0. The number of aromatic nitrogens is 2. The molecule has 1 aromatic heterocycles. The van der Waals surface area contributed by atoms with E-state index in [1.807, 2.05) is 12.1 Å². The van der Waals surface area contributed by atoms with Crippen molar-refractivity contribution in [2.24, 2.45) is 5.73 Å². The van der Waals surface area contributed by atoms with E-state index in [1.165, 1.54) is 0 Å². The van der Waals surface area contributed by atoms with Crippen LogP contribution in [-0.2, 0) is 0 Å². The van der Waals surface area contributed by atoms with Gasteiger partial charge in [-0.3, -0.25) is 5.10 Å². The molecule has 2 atom stereocenters. The predicted molar refractivity (Wildman–Crippen MR) is 71.7 cm³/mol. The number of aromatic amines is 1. The number of hydrogen-bond acceptors (Lipinski definition) is 4. The summed E-state index contributed by atoms with van der Waals surface area (Å²) in [5.41, 5.74) is 7.36. The van der Waals surface area contributed by atoms with Gasteiger partial charge in [0.25, 0.3) is 0 Å². The summed E-state index contributed by atoms with van der Waals surface area (Å²) in [6.07, 6.45) is 5.78. The van der Waals surface area contributed by atoms with Gasteiger partial charge >= 0.3 is 0 Å². The summed E-state index contributed by atoms with van der Waals surface area (Å²) < 4.78 is 5.98. The van der Waals surface area contributed by atoms with Crippen molar-refractivity contribution in [1.29, 1.82) is 5.26 Å². The van der Waals surface area contributed by atoms with Crippen LogP contribution in [0.4, 0.5) is 0 Å². The van der Waals surface area contributed by atoms with Gasteiger partial charge in [0.2, 0.25) is 0 Å². The minimum absolute atomic E-state index is 0.111. The fraction of sp³-hybridized carbons (Fsp3) is 0.429. The van der Waals surface area contributed by atoms with Gasteiger partial charge in [-0.2, -0.15) is 10.4 Å². The standard InChI is InChI=1S/C14H16N4O/c15-7-11-12-8-17-18-13(12)4-5-14(11)19-10-3-1-2-9(16)6-10/h4-5,8-10H,1-3,6,16H2,(H,17,18)/t9-,10-/m0/s1. The molecule has 3 rings (SSSR count). The molecule has 0 bridgehead atoms. The molecule has 0 saturated heterocycles. The van der Waals surface area contributed by atoms with Crippen LogP contribution in [0, 0.1) is 11.3 Å². The lowest BCUT2D eigenvalue weighted by Crippen LogP contribution is -2.33. The Balaban J connectivity index is 1.90. The summed E-state index contributed by atoms with van der Waals surface area (Å²) in [5.74, 6) is 0.635. The maximum absolute atomic E-state index is 9.32. The predicted octanol–water partition coefficient (Wildman–Crippen LogP) is 2.08. The molecule has 98 valence electrons. The lowest BCUT2D eigenvalue weighted by Gasteiger charge is -2.27. The van der Waals surface area contributed by atoms with Crippen LogP contribution in [-0.4, -0.2) is 22.3 Å². The van der Waals surface area contributed by atoms with Crippen LogP contribution in [0.15, 0.2) is 18.3 Å². The van der Waals surface area contributed by atoms with E-state index in [4.69, 9.17) is 10.5 Å². The molecule has 1 heterocycles. The normalized spacial score (nSPS) is 23.2. The number of nitrogens with two attached hydrogens (primary N) is 1. The summed E-state index contributed by atoms with van der Waals surface area (Å²) in [6, 6.07) is 6.14. The van der Waals surface area contributed by atoms with E-state index in [1.54, 1.807) is 6.20 Å². The number of nitrogens with zero attached hydrogens (tertiary/aromatic N) is 2. The molecule has 0 radical (unpaired) electrons. The van der Waals surface area contributed by atoms with E-state index in [2.05, 4.69) is 16.3 Å². The molecule has 5 heteroatoms. The van der Waals surface area contributed by atoms with Gasteiger partial charge in [0.1, 0.15) is 23.5 Å². The Kier molecular flexibility index (Phi) is 3.10. The fourth-order valence-electron chi connectivity index (χ4n) is 2.68. The first kappa shape index (κ1) is 12.0. The third kappa shape index (κ3) is 2.27. The second-order valence-corrected chi connectivity index (χ2v) is 5.05. The fourth-order valence-corrected chi connectivity index (χ4v) is 2.68. The van der Waals surface area contributed by atoms with Crippen LogP contribution in [0.25, 0.3) is 10.9 Å². The maximum atomic E-state index is 9.32. The summed E-state index contributed by atoms with van der Waals surface area (Å²) in [5, 5.41) is 16.9. The van der Waals surface area contributed by atoms with Crippen LogP contribution in [0.1, 0.15) is 31.2 Å². The van der Waals surface area contributed by atoms with E-state index in [0.29, 0.717) is 11.3 Å². The van der Waals surface area contributed by atoms with Crippen LogP contribution in [0.2, 0.25) is 0 Å². The molecule has 5 nitrogen and oxygen atoms in total. The molecule has 1 aliphatic carbocycles. The number of H-pyrrole nitrogens is 1. The Bertz CT molecular complexity index is 628. The van der Waals surface area contributed by atoms with E-state index < -0.39 is 0 Å². The van der Waals surface area contributed by atoms with E-state index in [0.717, 1.165) is 36.6 Å². The summed E-state index contributed by atoms with van der Waals surface area (Å²) >= 11 is 0. The first-order valence-corrected chi connectivity index (χ1v) is 6.56. The Morgan fingerprint density at radius 3 is 3.11 bits per heavy atom. The minimum Gasteiger partial charge on any atom is -0.489 e. The largest absolute Gasteiger partial charge is 0.489 e. The van der Waals surface area contributed by atoms with Crippen LogP contribution < -0.4 is 10.5 Å². The zero-order chi connectivity index (χ0) is 13.2. The highest BCUT2D eigenvalue weighted by molar-refractivity contribution is 5.86. The molecule has 0 amide bonds. The Labute approximate surface area is 111 Å². The molecule has 1 aliphatic rings. The van der Waals surface area contributed by atoms with Crippen LogP contribution in [0.3, 0.4) is 0 Å². The molecule has 3 N–H and O–H groups in total. The van der Waals surface area contributed by atoms with Gasteiger partial charge < -0.3 is 10.5 Å². The Morgan fingerprint density at radius 2 is 2.32 bits per heavy atom. The highest BCUT2D eigenvalue weighted by Gasteiger charge is 2.22. The van der Waals surface area contributed by atoms with Crippen LogP contribution >= 0.6 is 0 Å². The molecular weight excluding hydrogens is 240 g/mol. The molecule has 1 fully saturated rings. The van der Waals surface area contributed by atoms with Gasteiger partial charge in [-0.25, -0.2) is 0 Å². The highest BCUT2D eigenvalue weighted by Crippen LogP contribution is 2.29. The van der Waals surface area contributed by atoms with Gasteiger partial charge in [-0.05, 0) is 37.8 Å². The average Bonchev–Trinajstić information content (AvgIpc) is 2.87. The Hall–Kier alpha value is -2.06. The number of nitriles is 1. The number of benzene rings is 1. The third-order valence-electron chi connectivity index (χ3n) is 3.66. The van der Waals surface area contributed by atoms with Crippen molar-refractivity contribution in [3.63, 3.8) is 0 Å². The van der Waals surface area contributed by atoms with Gasteiger partial charge in [0.15, 0.2) is 0 Å². The number of hydrogen-bond donors (Lipinski definition) is 2. The van der Waals surface area contributed by atoms with Gasteiger partial charge in [0, 0.05) is 11.4 Å². The minimum atomic E-state index is 0.111. The monoisotopic (exact) mass is 256 g/mol. The second kappa shape index (κ2) is 4.90. The zero-order valence-corrected chi connectivity index (χ0v) is 10.6. The summed E-state index contributed by atoms with van der Waals surface area (Å²) in [4.78, 5) is 0. The van der Waals surface area contributed by atoms with Gasteiger partial charge in [0.05, 0.1) is 11.7 Å². The van der Waals surface area contributed by atoms with Crippen molar-refractivity contribution < 1.29 is 4.74 Å². The molecule has 0 unspecified atom stereocenters. The molecule has 2 aromatic rings. The van der Waals surface area contributed by atoms with Crippen molar-refractivity contribution in [3.05, 3.63) is 23.9 Å². The molecular formula is C14H16N4O. The van der Waals surface area contributed by atoms with Crippen LogP contribution in [0.5, 0.6) is 5.75 Å². The van der Waals surface area contributed by atoms with Crippen molar-refractivity contribution in [2.75, 3.05) is 0 Å². The Morgan fingerprint density at radius 1 is 1.42 bits per heavy atom.